The van der Waals surface area contributed by atoms with Gasteiger partial charge < -0.3 is 10.5 Å². The SMILES string of the molecule is C=CCCC1NN(Cc2ncc(C)c(OC)c2C)c2nc(N)nc(Cl)c21. The predicted octanol–water partition coefficient (Wildman–Crippen LogP) is 3.26. The Morgan fingerprint density at radius 2 is 2.19 bits per heavy atom. The molecule has 0 radical (unpaired) electrons. The maximum Gasteiger partial charge on any atom is 0.223 e. The van der Waals surface area contributed by atoms with Gasteiger partial charge in [0.15, 0.2) is 5.82 Å². The van der Waals surface area contributed by atoms with Gasteiger partial charge in [-0.25, -0.2) is 10.4 Å². The van der Waals surface area contributed by atoms with E-state index in [2.05, 4.69) is 27.0 Å². The number of anilines is 2. The van der Waals surface area contributed by atoms with E-state index in [1.807, 2.05) is 31.1 Å². The Morgan fingerprint density at radius 1 is 1.42 bits per heavy atom. The van der Waals surface area contributed by atoms with Gasteiger partial charge in [-0.3, -0.25) is 9.99 Å². The molecule has 1 aliphatic rings. The first-order valence-corrected chi connectivity index (χ1v) is 8.80. The third-order valence-electron chi connectivity index (χ3n) is 4.53. The summed E-state index contributed by atoms with van der Waals surface area (Å²) in [5.41, 5.74) is 13.0. The smallest absolute Gasteiger partial charge is 0.223 e. The minimum Gasteiger partial charge on any atom is -0.496 e. The highest BCUT2D eigenvalue weighted by atomic mass is 35.5. The summed E-state index contributed by atoms with van der Waals surface area (Å²) in [7, 11) is 1.67. The van der Waals surface area contributed by atoms with Crippen LogP contribution in [0.2, 0.25) is 5.15 Å². The second kappa shape index (κ2) is 7.47. The van der Waals surface area contributed by atoms with E-state index in [1.54, 1.807) is 7.11 Å². The van der Waals surface area contributed by atoms with Gasteiger partial charge in [-0.1, -0.05) is 17.7 Å². The van der Waals surface area contributed by atoms with E-state index in [0.29, 0.717) is 17.5 Å². The molecule has 0 amide bonds. The molecule has 0 fully saturated rings. The van der Waals surface area contributed by atoms with Crippen molar-refractivity contribution in [3.63, 3.8) is 0 Å². The first kappa shape index (κ1) is 18.4. The summed E-state index contributed by atoms with van der Waals surface area (Å²) < 4.78 is 5.51. The molecule has 0 saturated carbocycles. The van der Waals surface area contributed by atoms with E-state index in [4.69, 9.17) is 22.1 Å². The standard InChI is InChI=1S/C18H23ClN6O/c1-5-6-7-12-14-16(19)22-18(20)23-17(14)25(24-12)9-13-11(3)15(26-4)10(2)8-21-13/h5,8,12,24H,1,6-7,9H2,2-4H3,(H2,20,22,23). The summed E-state index contributed by atoms with van der Waals surface area (Å²) in [4.78, 5) is 13.1. The molecule has 26 heavy (non-hydrogen) atoms. The third kappa shape index (κ3) is 3.32. The normalized spacial score (nSPS) is 15.8. The number of aryl methyl sites for hydroxylation is 1. The minimum absolute atomic E-state index is 0.00347. The van der Waals surface area contributed by atoms with Crippen molar-refractivity contribution in [3.05, 3.63) is 46.4 Å². The Morgan fingerprint density at radius 3 is 2.88 bits per heavy atom. The van der Waals surface area contributed by atoms with E-state index in [1.165, 1.54) is 0 Å². The van der Waals surface area contributed by atoms with Crippen LogP contribution < -0.4 is 20.9 Å². The second-order valence-electron chi connectivity index (χ2n) is 6.29. The Balaban J connectivity index is 1.96. The number of rotatable bonds is 6. The molecule has 7 nitrogen and oxygen atoms in total. The van der Waals surface area contributed by atoms with Crippen LogP contribution in [0.15, 0.2) is 18.9 Å². The van der Waals surface area contributed by atoms with Crippen LogP contribution in [0.1, 0.15) is 41.3 Å². The van der Waals surface area contributed by atoms with Crippen molar-refractivity contribution in [2.75, 3.05) is 17.9 Å². The predicted molar refractivity (Wildman–Crippen MR) is 103 cm³/mol. The molecule has 3 N–H and O–H groups in total. The van der Waals surface area contributed by atoms with Crippen molar-refractivity contribution in [2.24, 2.45) is 0 Å². The van der Waals surface area contributed by atoms with Gasteiger partial charge in [0, 0.05) is 17.3 Å². The minimum atomic E-state index is 0.00347. The number of hydrogen-bond donors (Lipinski definition) is 2. The van der Waals surface area contributed by atoms with Crippen molar-refractivity contribution in [1.29, 1.82) is 0 Å². The first-order chi connectivity index (χ1) is 12.5. The molecular weight excluding hydrogens is 352 g/mol. The molecule has 138 valence electrons. The summed E-state index contributed by atoms with van der Waals surface area (Å²) >= 11 is 6.36. The summed E-state index contributed by atoms with van der Waals surface area (Å²) in [5, 5.41) is 2.31. The average molecular weight is 375 g/mol. The number of nitrogens with zero attached hydrogens (tertiary/aromatic N) is 4. The van der Waals surface area contributed by atoms with E-state index in [-0.39, 0.29) is 12.0 Å². The lowest BCUT2D eigenvalue weighted by Crippen LogP contribution is -2.35. The first-order valence-electron chi connectivity index (χ1n) is 8.42. The number of nitrogen functional groups attached to an aromatic ring is 1. The fraction of sp³-hybridized carbons (Fsp3) is 0.389. The molecule has 1 unspecified atom stereocenters. The molecule has 8 heteroatoms. The van der Waals surface area contributed by atoms with Crippen molar-refractivity contribution in [1.82, 2.24) is 20.4 Å². The van der Waals surface area contributed by atoms with E-state index in [9.17, 15) is 0 Å². The summed E-state index contributed by atoms with van der Waals surface area (Å²) in [6.07, 6.45) is 5.38. The van der Waals surface area contributed by atoms with Gasteiger partial charge in [0.25, 0.3) is 0 Å². The number of halogens is 1. The van der Waals surface area contributed by atoms with E-state index in [0.717, 1.165) is 41.0 Å². The molecule has 0 aromatic carbocycles. The van der Waals surface area contributed by atoms with Crippen molar-refractivity contribution in [3.8, 4) is 5.75 Å². The molecule has 3 rings (SSSR count). The maximum atomic E-state index is 6.36. The van der Waals surface area contributed by atoms with Crippen LogP contribution in [0.3, 0.4) is 0 Å². The monoisotopic (exact) mass is 374 g/mol. The van der Waals surface area contributed by atoms with Crippen molar-refractivity contribution in [2.45, 2.75) is 39.3 Å². The van der Waals surface area contributed by atoms with Gasteiger partial charge in [0.2, 0.25) is 5.95 Å². The summed E-state index contributed by atoms with van der Waals surface area (Å²) in [5.74, 6) is 1.69. The van der Waals surface area contributed by atoms with Crippen LogP contribution in [0.4, 0.5) is 11.8 Å². The van der Waals surface area contributed by atoms with Crippen LogP contribution in [0.5, 0.6) is 5.75 Å². The van der Waals surface area contributed by atoms with Crippen LogP contribution in [0.25, 0.3) is 0 Å². The van der Waals surface area contributed by atoms with Crippen LogP contribution >= 0.6 is 11.6 Å². The fourth-order valence-electron chi connectivity index (χ4n) is 3.26. The van der Waals surface area contributed by atoms with Crippen molar-refractivity contribution >= 4 is 23.4 Å². The lowest BCUT2D eigenvalue weighted by atomic mass is 10.1. The number of hydrazine groups is 1. The van der Waals surface area contributed by atoms with Gasteiger partial charge in [0.05, 0.1) is 31.0 Å². The number of hydrogen-bond acceptors (Lipinski definition) is 7. The van der Waals surface area contributed by atoms with E-state index >= 15 is 0 Å². The number of aromatic nitrogens is 3. The van der Waals surface area contributed by atoms with Gasteiger partial charge >= 0.3 is 0 Å². The number of methoxy groups -OCH3 is 1. The summed E-state index contributed by atoms with van der Waals surface area (Å²) in [6, 6.07) is 0.00347. The zero-order valence-electron chi connectivity index (χ0n) is 15.2. The Hall–Kier alpha value is -2.38. The molecule has 0 spiro atoms. The molecule has 2 aromatic rings. The number of ether oxygens (including phenoxy) is 1. The molecule has 0 saturated heterocycles. The third-order valence-corrected chi connectivity index (χ3v) is 4.82. The molecule has 1 aliphatic heterocycles. The number of fused-ring (bicyclic) bond motifs is 1. The number of allylic oxidation sites excluding steroid dienone is 1. The molecular formula is C18H23ClN6O. The van der Waals surface area contributed by atoms with Gasteiger partial charge in [0.1, 0.15) is 10.9 Å². The zero-order valence-corrected chi connectivity index (χ0v) is 16.0. The van der Waals surface area contributed by atoms with Crippen LogP contribution in [-0.4, -0.2) is 22.1 Å². The Labute approximate surface area is 158 Å². The average Bonchev–Trinajstić information content (AvgIpc) is 2.93. The fourth-order valence-corrected chi connectivity index (χ4v) is 3.56. The molecule has 0 bridgehead atoms. The summed E-state index contributed by atoms with van der Waals surface area (Å²) in [6.45, 7) is 8.28. The van der Waals surface area contributed by atoms with E-state index < -0.39 is 0 Å². The van der Waals surface area contributed by atoms with Gasteiger partial charge in [-0.15, -0.1) is 6.58 Å². The number of nitrogens with one attached hydrogen (secondary N) is 1. The van der Waals surface area contributed by atoms with Crippen LogP contribution in [-0.2, 0) is 6.54 Å². The molecule has 1 atom stereocenters. The highest BCUT2D eigenvalue weighted by molar-refractivity contribution is 6.30. The lowest BCUT2D eigenvalue weighted by Gasteiger charge is -2.21. The van der Waals surface area contributed by atoms with Crippen molar-refractivity contribution < 1.29 is 4.74 Å². The zero-order chi connectivity index (χ0) is 18.8. The molecule has 2 aromatic heterocycles. The second-order valence-corrected chi connectivity index (χ2v) is 6.65. The maximum absolute atomic E-state index is 6.36. The highest BCUT2D eigenvalue weighted by Gasteiger charge is 2.33. The number of pyridine rings is 1. The highest BCUT2D eigenvalue weighted by Crippen LogP contribution is 2.39. The van der Waals surface area contributed by atoms with Crippen LogP contribution in [0, 0.1) is 13.8 Å². The molecule has 0 aliphatic carbocycles. The largest absolute Gasteiger partial charge is 0.496 e. The topological polar surface area (TPSA) is 89.2 Å². The lowest BCUT2D eigenvalue weighted by molar-refractivity contribution is 0.406. The number of nitrogens with two attached hydrogens (primary N) is 1. The molecule has 3 heterocycles. The Kier molecular flexibility index (Phi) is 5.29. The van der Waals surface area contributed by atoms with Gasteiger partial charge in [-0.2, -0.15) is 4.98 Å². The Bertz CT molecular complexity index is 841. The van der Waals surface area contributed by atoms with Gasteiger partial charge in [-0.05, 0) is 26.7 Å². The quantitative estimate of drug-likeness (QED) is 0.592.